The monoisotopic (exact) mass is 630 g/mol. The van der Waals surface area contributed by atoms with Crippen LogP contribution in [0.2, 0.25) is 0 Å². The van der Waals surface area contributed by atoms with E-state index >= 15 is 0 Å². The van der Waals surface area contributed by atoms with Gasteiger partial charge in [-0.15, -0.1) is 0 Å². The van der Waals surface area contributed by atoms with Gasteiger partial charge in [-0.3, -0.25) is 4.79 Å². The first-order valence-electron chi connectivity index (χ1n) is 15.5. The molecular formula is C31H50O13. The normalized spacial score (nSPS) is 32.5. The molecule has 2 saturated heterocycles. The lowest BCUT2D eigenvalue weighted by Gasteiger charge is -2.45. The average molecular weight is 631 g/mol. The summed E-state index contributed by atoms with van der Waals surface area (Å²) in [6, 6.07) is 5.02. The van der Waals surface area contributed by atoms with Gasteiger partial charge in [-0.2, -0.15) is 0 Å². The number of ether oxygens (including phenoxy) is 5. The first-order chi connectivity index (χ1) is 21.0. The Morgan fingerprint density at radius 1 is 0.818 bits per heavy atom. The Bertz CT molecular complexity index is 1000. The third kappa shape index (κ3) is 10.0. The highest BCUT2D eigenvalue weighted by Gasteiger charge is 2.51. The molecule has 2 aliphatic rings. The van der Waals surface area contributed by atoms with Gasteiger partial charge in [-0.1, -0.05) is 58.1 Å². The zero-order valence-electron chi connectivity index (χ0n) is 25.7. The van der Waals surface area contributed by atoms with E-state index < -0.39 is 74.6 Å². The smallest absolute Gasteiger partial charge is 0.310 e. The van der Waals surface area contributed by atoms with Crippen LogP contribution >= 0.6 is 0 Å². The van der Waals surface area contributed by atoms with E-state index in [2.05, 4.69) is 13.8 Å². The fourth-order valence-corrected chi connectivity index (χ4v) is 5.32. The largest absolute Gasteiger partial charge is 0.465 e. The van der Waals surface area contributed by atoms with Crippen LogP contribution in [0.5, 0.6) is 5.75 Å². The van der Waals surface area contributed by atoms with E-state index in [1.807, 2.05) is 0 Å². The van der Waals surface area contributed by atoms with Crippen molar-refractivity contribution in [3.05, 3.63) is 29.3 Å². The molecule has 0 saturated carbocycles. The Hall–Kier alpha value is -1.91. The van der Waals surface area contributed by atoms with Crippen molar-refractivity contribution in [3.8, 4) is 5.75 Å². The van der Waals surface area contributed by atoms with Crippen LogP contribution in [0.25, 0.3) is 0 Å². The maximum Gasteiger partial charge on any atom is 0.310 e. The number of aliphatic hydroxyl groups excluding tert-OH is 7. The van der Waals surface area contributed by atoms with Gasteiger partial charge in [-0.05, 0) is 36.5 Å². The molecule has 10 unspecified atom stereocenters. The SMILES string of the molecule is Cc1cc(CC(=O)OCCCCCCCC(C)C)ccc1OC1OC(CO)C(OC2OC(CO)C(O)C(O)C2O)C(O)C1O. The predicted octanol–water partition coefficient (Wildman–Crippen LogP) is 0.0802. The topological polar surface area (TPSA) is 205 Å². The molecule has 2 aliphatic heterocycles. The molecule has 10 atom stereocenters. The molecule has 0 spiro atoms. The molecule has 7 N–H and O–H groups in total. The molecule has 44 heavy (non-hydrogen) atoms. The average Bonchev–Trinajstić information content (AvgIpc) is 2.99. The molecular weight excluding hydrogens is 580 g/mol. The molecule has 13 nitrogen and oxygen atoms in total. The van der Waals surface area contributed by atoms with Crippen molar-refractivity contribution in [1.29, 1.82) is 0 Å². The third-order valence-electron chi connectivity index (χ3n) is 7.98. The number of benzene rings is 1. The van der Waals surface area contributed by atoms with Gasteiger partial charge in [0.1, 0.15) is 54.6 Å². The first kappa shape index (κ1) is 36.6. The van der Waals surface area contributed by atoms with Crippen molar-refractivity contribution in [2.45, 2.75) is 127 Å². The molecule has 3 rings (SSSR count). The number of hydrogen-bond acceptors (Lipinski definition) is 13. The standard InChI is InChI=1S/C31H50O13/c1-17(2)9-7-5-4-6-8-12-40-23(34)14-19-10-11-20(18(3)13-19)41-30-28(39)26(37)29(22(16-33)43-30)44-31-27(38)25(36)24(35)21(15-32)42-31/h10-11,13,17,21-22,24-33,35-39H,4-9,12,14-16H2,1-3H3. The van der Waals surface area contributed by atoms with E-state index in [1.54, 1.807) is 25.1 Å². The van der Waals surface area contributed by atoms with Gasteiger partial charge < -0.3 is 59.4 Å². The zero-order valence-corrected chi connectivity index (χ0v) is 25.7. The van der Waals surface area contributed by atoms with E-state index in [0.29, 0.717) is 23.5 Å². The summed E-state index contributed by atoms with van der Waals surface area (Å²) in [6.07, 6.45) is -8.69. The molecule has 2 fully saturated rings. The summed E-state index contributed by atoms with van der Waals surface area (Å²) < 4.78 is 27.8. The highest BCUT2D eigenvalue weighted by molar-refractivity contribution is 5.72. The van der Waals surface area contributed by atoms with Gasteiger partial charge in [0.05, 0.1) is 26.2 Å². The van der Waals surface area contributed by atoms with E-state index in [9.17, 15) is 40.5 Å². The Balaban J connectivity index is 1.50. The number of unbranched alkanes of at least 4 members (excludes halogenated alkanes) is 4. The summed E-state index contributed by atoms with van der Waals surface area (Å²) in [5.41, 5.74) is 1.34. The van der Waals surface area contributed by atoms with Gasteiger partial charge >= 0.3 is 5.97 Å². The van der Waals surface area contributed by atoms with Crippen LogP contribution in [0.15, 0.2) is 18.2 Å². The van der Waals surface area contributed by atoms with Crippen LogP contribution in [0.1, 0.15) is 63.5 Å². The molecule has 2 heterocycles. The number of hydrogen-bond donors (Lipinski definition) is 7. The van der Waals surface area contributed by atoms with E-state index in [4.69, 9.17) is 23.7 Å². The Morgan fingerprint density at radius 3 is 2.11 bits per heavy atom. The van der Waals surface area contributed by atoms with Crippen molar-refractivity contribution in [2.24, 2.45) is 5.92 Å². The van der Waals surface area contributed by atoms with Crippen LogP contribution in [0.4, 0.5) is 0 Å². The van der Waals surface area contributed by atoms with E-state index in [-0.39, 0.29) is 12.4 Å². The van der Waals surface area contributed by atoms with Gasteiger partial charge in [-0.25, -0.2) is 0 Å². The van der Waals surface area contributed by atoms with Crippen LogP contribution < -0.4 is 4.74 Å². The van der Waals surface area contributed by atoms with Crippen molar-refractivity contribution in [2.75, 3.05) is 19.8 Å². The Morgan fingerprint density at radius 2 is 1.45 bits per heavy atom. The lowest BCUT2D eigenvalue weighted by molar-refractivity contribution is -0.352. The van der Waals surface area contributed by atoms with Crippen LogP contribution in [-0.4, -0.2) is 123 Å². The lowest BCUT2D eigenvalue weighted by atomic mass is 9.97. The summed E-state index contributed by atoms with van der Waals surface area (Å²) in [7, 11) is 0. The second-order valence-electron chi connectivity index (χ2n) is 12.1. The molecule has 0 aliphatic carbocycles. The minimum atomic E-state index is -1.76. The number of esters is 1. The highest BCUT2D eigenvalue weighted by Crippen LogP contribution is 2.31. The summed E-state index contributed by atoms with van der Waals surface area (Å²) in [4.78, 5) is 12.3. The van der Waals surface area contributed by atoms with Gasteiger partial charge in [0.2, 0.25) is 6.29 Å². The molecule has 0 aromatic heterocycles. The Labute approximate surface area is 258 Å². The van der Waals surface area contributed by atoms with Crippen molar-refractivity contribution < 1.29 is 64.2 Å². The summed E-state index contributed by atoms with van der Waals surface area (Å²) in [6.45, 7) is 5.21. The van der Waals surface area contributed by atoms with Gasteiger partial charge in [0, 0.05) is 0 Å². The zero-order chi connectivity index (χ0) is 32.4. The van der Waals surface area contributed by atoms with Crippen molar-refractivity contribution >= 4 is 5.97 Å². The molecule has 0 bridgehead atoms. The quantitative estimate of drug-likeness (QED) is 0.0956. The highest BCUT2D eigenvalue weighted by atomic mass is 16.7. The maximum absolute atomic E-state index is 12.3. The molecule has 13 heteroatoms. The van der Waals surface area contributed by atoms with Crippen LogP contribution in [-0.2, 0) is 30.2 Å². The van der Waals surface area contributed by atoms with Crippen molar-refractivity contribution in [1.82, 2.24) is 0 Å². The molecule has 252 valence electrons. The van der Waals surface area contributed by atoms with Crippen molar-refractivity contribution in [3.63, 3.8) is 0 Å². The summed E-state index contributed by atoms with van der Waals surface area (Å²) >= 11 is 0. The fraction of sp³-hybridized carbons (Fsp3) is 0.774. The second kappa shape index (κ2) is 17.7. The van der Waals surface area contributed by atoms with E-state index in [1.165, 1.54) is 19.3 Å². The van der Waals surface area contributed by atoms with Gasteiger partial charge in [0.25, 0.3) is 0 Å². The van der Waals surface area contributed by atoms with Gasteiger partial charge in [0.15, 0.2) is 6.29 Å². The fourth-order valence-electron chi connectivity index (χ4n) is 5.32. The molecule has 0 radical (unpaired) electrons. The van der Waals surface area contributed by atoms with Crippen LogP contribution in [0.3, 0.4) is 0 Å². The predicted molar refractivity (Wildman–Crippen MR) is 155 cm³/mol. The number of rotatable bonds is 16. The first-order valence-corrected chi connectivity index (χ1v) is 15.5. The lowest BCUT2D eigenvalue weighted by Crippen LogP contribution is -2.65. The minimum absolute atomic E-state index is 0.0837. The summed E-state index contributed by atoms with van der Waals surface area (Å²) in [5.74, 6) is 0.701. The molecule has 1 aromatic carbocycles. The van der Waals surface area contributed by atoms with E-state index in [0.717, 1.165) is 25.2 Å². The Kier molecular flexibility index (Phi) is 14.7. The maximum atomic E-state index is 12.3. The second-order valence-corrected chi connectivity index (χ2v) is 12.1. The molecule has 0 amide bonds. The third-order valence-corrected chi connectivity index (χ3v) is 7.98. The number of aliphatic hydroxyl groups is 7. The number of aryl methyl sites for hydroxylation is 1. The number of carbonyl (C=O) groups is 1. The summed E-state index contributed by atoms with van der Waals surface area (Å²) in [5, 5.41) is 71.2. The molecule has 1 aromatic rings. The number of carbonyl (C=O) groups excluding carboxylic acids is 1. The minimum Gasteiger partial charge on any atom is -0.465 e. The van der Waals surface area contributed by atoms with Crippen LogP contribution in [0, 0.1) is 12.8 Å².